The lowest BCUT2D eigenvalue weighted by Crippen LogP contribution is -2.39. The summed E-state index contributed by atoms with van der Waals surface area (Å²) in [6.45, 7) is 2.60. The van der Waals surface area contributed by atoms with Crippen LogP contribution in [-0.2, 0) is 6.42 Å². The average Bonchev–Trinajstić information content (AvgIpc) is 3.16. The first kappa shape index (κ1) is 14.8. The second kappa shape index (κ2) is 6.36. The van der Waals surface area contributed by atoms with Crippen LogP contribution in [0.4, 0.5) is 4.79 Å². The molecular formula is C16H19N3O2S. The number of phenols is 1. The number of hydrogen-bond acceptors (Lipinski definition) is 4. The van der Waals surface area contributed by atoms with Gasteiger partial charge in [0.15, 0.2) is 0 Å². The molecule has 3 rings (SSSR count). The van der Waals surface area contributed by atoms with Crippen molar-refractivity contribution in [2.75, 3.05) is 6.54 Å². The first-order valence-electron chi connectivity index (χ1n) is 7.39. The molecule has 1 aromatic carbocycles. The number of nitrogens with one attached hydrogen (secondary N) is 2. The summed E-state index contributed by atoms with van der Waals surface area (Å²) in [5.41, 5.74) is 1.96. The van der Waals surface area contributed by atoms with E-state index in [2.05, 4.69) is 15.6 Å². The van der Waals surface area contributed by atoms with Crippen LogP contribution >= 0.6 is 11.3 Å². The first-order valence-corrected chi connectivity index (χ1v) is 8.27. The molecule has 116 valence electrons. The highest BCUT2D eigenvalue weighted by Gasteiger charge is 2.25. The number of nitrogens with zero attached hydrogens (tertiary/aromatic N) is 1. The van der Waals surface area contributed by atoms with E-state index in [1.807, 2.05) is 24.4 Å². The molecule has 5 nitrogen and oxygen atoms in total. The van der Waals surface area contributed by atoms with Crippen LogP contribution in [0.15, 0.2) is 29.8 Å². The van der Waals surface area contributed by atoms with E-state index in [0.29, 0.717) is 12.3 Å². The Morgan fingerprint density at radius 2 is 2.41 bits per heavy atom. The normalized spacial score (nSPS) is 17.8. The van der Waals surface area contributed by atoms with Gasteiger partial charge < -0.3 is 15.7 Å². The molecular weight excluding hydrogens is 298 g/mol. The predicted octanol–water partition coefficient (Wildman–Crippen LogP) is 2.94. The van der Waals surface area contributed by atoms with Crippen LogP contribution in [0.1, 0.15) is 41.4 Å². The van der Waals surface area contributed by atoms with Gasteiger partial charge in [-0.2, -0.15) is 0 Å². The minimum absolute atomic E-state index is 0.0303. The summed E-state index contributed by atoms with van der Waals surface area (Å²) in [6, 6.07) is 5.26. The van der Waals surface area contributed by atoms with Crippen LogP contribution in [0.25, 0.3) is 0 Å². The van der Waals surface area contributed by atoms with Crippen molar-refractivity contribution in [1.29, 1.82) is 0 Å². The van der Waals surface area contributed by atoms with E-state index in [1.165, 1.54) is 0 Å². The van der Waals surface area contributed by atoms with Gasteiger partial charge in [-0.1, -0.05) is 19.1 Å². The number of aromatic hydroxyl groups is 1. The van der Waals surface area contributed by atoms with E-state index in [0.717, 1.165) is 29.0 Å². The molecule has 0 saturated heterocycles. The molecule has 0 aliphatic heterocycles. The average molecular weight is 317 g/mol. The summed E-state index contributed by atoms with van der Waals surface area (Å²) in [7, 11) is 0. The van der Waals surface area contributed by atoms with Gasteiger partial charge in [0, 0.05) is 24.0 Å². The smallest absolute Gasteiger partial charge is 0.315 e. The number of phenolic OH excluding ortho intramolecular Hbond substituents is 1. The summed E-state index contributed by atoms with van der Waals surface area (Å²) in [6.07, 6.45) is 3.39. The molecule has 0 saturated carbocycles. The summed E-state index contributed by atoms with van der Waals surface area (Å²) in [5.74, 6) is 0.519. The lowest BCUT2D eigenvalue weighted by Gasteiger charge is -2.16. The fourth-order valence-corrected chi connectivity index (χ4v) is 3.50. The van der Waals surface area contributed by atoms with Crippen LogP contribution in [0.5, 0.6) is 5.75 Å². The fraction of sp³-hybridized carbons (Fsp3) is 0.375. The highest BCUT2D eigenvalue weighted by Crippen LogP contribution is 2.36. The molecule has 1 aliphatic carbocycles. The summed E-state index contributed by atoms with van der Waals surface area (Å²) in [5, 5.41) is 18.7. The molecule has 0 spiro atoms. The van der Waals surface area contributed by atoms with Crippen molar-refractivity contribution in [2.45, 2.75) is 31.7 Å². The minimum atomic E-state index is -0.176. The van der Waals surface area contributed by atoms with Crippen LogP contribution in [0.3, 0.4) is 0 Å². The zero-order valence-corrected chi connectivity index (χ0v) is 13.2. The zero-order chi connectivity index (χ0) is 15.5. The maximum atomic E-state index is 12.1. The Labute approximate surface area is 133 Å². The number of rotatable bonds is 4. The maximum absolute atomic E-state index is 12.1. The molecule has 0 radical (unpaired) electrons. The summed E-state index contributed by atoms with van der Waals surface area (Å²) >= 11 is 1.60. The number of carbonyl (C=O) groups is 1. The lowest BCUT2D eigenvalue weighted by molar-refractivity contribution is 0.236. The van der Waals surface area contributed by atoms with Gasteiger partial charge in [0.25, 0.3) is 0 Å². The van der Waals surface area contributed by atoms with E-state index in [4.69, 9.17) is 0 Å². The molecule has 1 heterocycles. The third-order valence-corrected chi connectivity index (χ3v) is 5.00. The fourth-order valence-electron chi connectivity index (χ4n) is 2.81. The van der Waals surface area contributed by atoms with Crippen molar-refractivity contribution in [3.8, 4) is 5.75 Å². The van der Waals surface area contributed by atoms with Crippen molar-refractivity contribution < 1.29 is 9.90 Å². The third kappa shape index (κ3) is 3.06. The van der Waals surface area contributed by atoms with E-state index in [-0.39, 0.29) is 18.0 Å². The van der Waals surface area contributed by atoms with E-state index < -0.39 is 0 Å². The number of fused-ring (bicyclic) bond motifs is 1. The number of aromatic nitrogens is 1. The summed E-state index contributed by atoms with van der Waals surface area (Å²) in [4.78, 5) is 16.3. The number of benzene rings is 1. The van der Waals surface area contributed by atoms with Gasteiger partial charge in [0.2, 0.25) is 0 Å². The van der Waals surface area contributed by atoms with Gasteiger partial charge in [-0.25, -0.2) is 9.78 Å². The SMILES string of the molecule is C[C@@H](CNC(=O)N[C@@H]1CCc2c(O)cccc21)c1nccs1. The lowest BCUT2D eigenvalue weighted by atomic mass is 10.1. The third-order valence-electron chi connectivity index (χ3n) is 3.99. The van der Waals surface area contributed by atoms with Crippen molar-refractivity contribution in [3.63, 3.8) is 0 Å². The van der Waals surface area contributed by atoms with Crippen molar-refractivity contribution in [1.82, 2.24) is 15.6 Å². The molecule has 0 fully saturated rings. The van der Waals surface area contributed by atoms with Crippen LogP contribution < -0.4 is 10.6 Å². The summed E-state index contributed by atoms with van der Waals surface area (Å²) < 4.78 is 0. The zero-order valence-electron chi connectivity index (χ0n) is 12.4. The Balaban J connectivity index is 1.54. The first-order chi connectivity index (χ1) is 10.6. The molecule has 22 heavy (non-hydrogen) atoms. The number of thiazole rings is 1. The Morgan fingerprint density at radius 3 is 3.18 bits per heavy atom. The van der Waals surface area contributed by atoms with Crippen molar-refractivity contribution >= 4 is 17.4 Å². The van der Waals surface area contributed by atoms with Crippen LogP contribution in [0.2, 0.25) is 0 Å². The van der Waals surface area contributed by atoms with Gasteiger partial charge in [-0.3, -0.25) is 0 Å². The van der Waals surface area contributed by atoms with Gasteiger partial charge in [-0.05, 0) is 30.0 Å². The van der Waals surface area contributed by atoms with Gasteiger partial charge in [-0.15, -0.1) is 11.3 Å². The quantitative estimate of drug-likeness (QED) is 0.811. The van der Waals surface area contributed by atoms with Crippen molar-refractivity contribution in [2.24, 2.45) is 0 Å². The molecule has 1 aliphatic rings. The van der Waals surface area contributed by atoms with Gasteiger partial charge in [0.1, 0.15) is 5.75 Å². The maximum Gasteiger partial charge on any atom is 0.315 e. The topological polar surface area (TPSA) is 74.2 Å². The molecule has 6 heteroatoms. The monoisotopic (exact) mass is 317 g/mol. The minimum Gasteiger partial charge on any atom is -0.508 e. The molecule has 0 unspecified atom stereocenters. The Kier molecular flexibility index (Phi) is 4.29. The number of urea groups is 1. The van der Waals surface area contributed by atoms with Crippen LogP contribution in [-0.4, -0.2) is 22.7 Å². The molecule has 2 atom stereocenters. The predicted molar refractivity (Wildman–Crippen MR) is 86.2 cm³/mol. The molecule has 1 aromatic heterocycles. The number of amides is 2. The van der Waals surface area contributed by atoms with Gasteiger partial charge >= 0.3 is 6.03 Å². The molecule has 3 N–H and O–H groups in total. The van der Waals surface area contributed by atoms with Crippen molar-refractivity contribution in [3.05, 3.63) is 45.9 Å². The van der Waals surface area contributed by atoms with E-state index in [9.17, 15) is 9.90 Å². The Bertz CT molecular complexity index is 657. The highest BCUT2D eigenvalue weighted by atomic mass is 32.1. The second-order valence-corrected chi connectivity index (χ2v) is 6.49. The van der Waals surface area contributed by atoms with Gasteiger partial charge in [0.05, 0.1) is 11.0 Å². The number of carbonyl (C=O) groups excluding carboxylic acids is 1. The van der Waals surface area contributed by atoms with E-state index >= 15 is 0 Å². The Morgan fingerprint density at radius 1 is 1.55 bits per heavy atom. The molecule has 2 amide bonds. The largest absolute Gasteiger partial charge is 0.508 e. The molecule has 0 bridgehead atoms. The molecule has 2 aromatic rings. The Hall–Kier alpha value is -2.08. The standard InChI is InChI=1S/C16H19N3O2S/c1-10(15-17-7-8-22-15)9-18-16(21)19-13-6-5-12-11(13)3-2-4-14(12)20/h2-4,7-8,10,13,20H,5-6,9H2,1H3,(H2,18,19,21)/t10-,13+/m0/s1. The number of hydrogen-bond donors (Lipinski definition) is 3. The second-order valence-electron chi connectivity index (χ2n) is 5.56. The highest BCUT2D eigenvalue weighted by molar-refractivity contribution is 7.09. The van der Waals surface area contributed by atoms with E-state index in [1.54, 1.807) is 23.6 Å². The van der Waals surface area contributed by atoms with Crippen LogP contribution in [0, 0.1) is 0 Å².